The zero-order chi connectivity index (χ0) is 17.0. The van der Waals surface area contributed by atoms with Crippen LogP contribution < -0.4 is 4.74 Å². The maximum absolute atomic E-state index is 11.8. The maximum atomic E-state index is 11.8. The van der Waals surface area contributed by atoms with Gasteiger partial charge >= 0.3 is 11.7 Å². The van der Waals surface area contributed by atoms with Gasteiger partial charge in [0.25, 0.3) is 0 Å². The lowest BCUT2D eigenvalue weighted by molar-refractivity contribution is -0.385. The Morgan fingerprint density at radius 1 is 1.26 bits per heavy atom. The van der Waals surface area contributed by atoms with E-state index in [0.717, 1.165) is 0 Å². The number of aliphatic hydroxyl groups excluding tert-OH is 1. The zero-order valence-corrected chi connectivity index (χ0v) is 13.6. The Morgan fingerprint density at radius 3 is 2.57 bits per heavy atom. The first-order chi connectivity index (χ1) is 11.0. The van der Waals surface area contributed by atoms with Crippen molar-refractivity contribution in [3.8, 4) is 11.5 Å². The number of nitro groups is 1. The lowest BCUT2D eigenvalue weighted by Gasteiger charge is -2.11. The van der Waals surface area contributed by atoms with Crippen LogP contribution in [0.4, 0.5) is 5.69 Å². The van der Waals surface area contributed by atoms with E-state index in [4.69, 9.17) is 9.84 Å². The summed E-state index contributed by atoms with van der Waals surface area (Å²) in [5, 5.41) is 20.2. The van der Waals surface area contributed by atoms with E-state index in [1.165, 1.54) is 37.4 Å². The third kappa shape index (κ3) is 3.85. The first-order valence-corrected chi connectivity index (χ1v) is 7.19. The number of nitro benzene ring substituents is 1. The molecule has 2 aromatic rings. The molecule has 0 fully saturated rings. The molecule has 2 aromatic carbocycles. The van der Waals surface area contributed by atoms with Gasteiger partial charge in [-0.2, -0.15) is 0 Å². The summed E-state index contributed by atoms with van der Waals surface area (Å²) in [6.07, 6.45) is 0. The minimum absolute atomic E-state index is 0.0420. The van der Waals surface area contributed by atoms with Gasteiger partial charge in [-0.05, 0) is 29.8 Å². The van der Waals surface area contributed by atoms with Crippen molar-refractivity contribution in [1.29, 1.82) is 0 Å². The summed E-state index contributed by atoms with van der Waals surface area (Å²) in [7, 11) is 1.23. The van der Waals surface area contributed by atoms with Crippen LogP contribution in [0.25, 0.3) is 0 Å². The number of nitrogens with zero attached hydrogens (tertiary/aromatic N) is 1. The van der Waals surface area contributed by atoms with Crippen LogP contribution in [0.2, 0.25) is 0 Å². The number of hydrogen-bond acceptors (Lipinski definition) is 6. The molecule has 0 amide bonds. The van der Waals surface area contributed by atoms with Gasteiger partial charge in [0.2, 0.25) is 5.75 Å². The van der Waals surface area contributed by atoms with Crippen molar-refractivity contribution in [3.05, 3.63) is 62.1 Å². The Labute approximate surface area is 139 Å². The van der Waals surface area contributed by atoms with E-state index in [1.54, 1.807) is 6.07 Å². The standard InChI is InChI=1S/C15H12BrNO6/c1-22-15(19)11-7-10(16)3-5-13(11)23-14-4-2-9(8-18)6-12(14)17(20)21/h2-7,18H,8H2,1H3. The second kappa shape index (κ2) is 7.21. The van der Waals surface area contributed by atoms with Crippen LogP contribution in [-0.2, 0) is 11.3 Å². The highest BCUT2D eigenvalue weighted by atomic mass is 79.9. The van der Waals surface area contributed by atoms with Crippen molar-refractivity contribution in [3.63, 3.8) is 0 Å². The molecule has 2 rings (SSSR count). The molecule has 23 heavy (non-hydrogen) atoms. The van der Waals surface area contributed by atoms with Gasteiger partial charge in [-0.3, -0.25) is 10.1 Å². The summed E-state index contributed by atoms with van der Waals surface area (Å²) in [4.78, 5) is 22.3. The van der Waals surface area contributed by atoms with Crippen LogP contribution in [0.1, 0.15) is 15.9 Å². The Hall–Kier alpha value is -2.45. The Balaban J connectivity index is 2.47. The fraction of sp³-hybridized carbons (Fsp3) is 0.133. The molecule has 0 aromatic heterocycles. The third-order valence-electron chi connectivity index (χ3n) is 2.97. The molecule has 0 aliphatic heterocycles. The van der Waals surface area contributed by atoms with Crippen LogP contribution >= 0.6 is 15.9 Å². The highest BCUT2D eigenvalue weighted by molar-refractivity contribution is 9.10. The van der Waals surface area contributed by atoms with Gasteiger partial charge in [-0.15, -0.1) is 0 Å². The number of carbonyl (C=O) groups excluding carboxylic acids is 1. The van der Waals surface area contributed by atoms with Crippen molar-refractivity contribution in [1.82, 2.24) is 0 Å². The Morgan fingerprint density at radius 2 is 1.96 bits per heavy atom. The highest BCUT2D eigenvalue weighted by Gasteiger charge is 2.20. The molecule has 1 N–H and O–H groups in total. The monoisotopic (exact) mass is 381 g/mol. The van der Waals surface area contributed by atoms with Gasteiger partial charge in [0.1, 0.15) is 11.3 Å². The Kier molecular flexibility index (Phi) is 5.30. The van der Waals surface area contributed by atoms with E-state index in [0.29, 0.717) is 10.0 Å². The van der Waals surface area contributed by atoms with Crippen LogP contribution in [0, 0.1) is 10.1 Å². The predicted octanol–water partition coefficient (Wildman–Crippen LogP) is 3.43. The summed E-state index contributed by atoms with van der Waals surface area (Å²) < 4.78 is 10.8. The number of aliphatic hydroxyl groups is 1. The molecule has 8 heteroatoms. The molecular weight excluding hydrogens is 370 g/mol. The molecule has 7 nitrogen and oxygen atoms in total. The molecule has 0 heterocycles. The number of carbonyl (C=O) groups is 1. The third-order valence-corrected chi connectivity index (χ3v) is 3.46. The predicted molar refractivity (Wildman–Crippen MR) is 84.6 cm³/mol. The molecular formula is C15H12BrNO6. The molecule has 0 radical (unpaired) electrons. The van der Waals surface area contributed by atoms with Crippen LogP contribution in [0.15, 0.2) is 40.9 Å². The molecule has 0 atom stereocenters. The maximum Gasteiger partial charge on any atom is 0.341 e. The van der Waals surface area contributed by atoms with Crippen molar-refractivity contribution >= 4 is 27.6 Å². The number of halogens is 1. The average molecular weight is 382 g/mol. The van der Waals surface area contributed by atoms with Crippen LogP contribution in [0.5, 0.6) is 11.5 Å². The summed E-state index contributed by atoms with van der Waals surface area (Å²) >= 11 is 3.24. The molecule has 0 aliphatic carbocycles. The first kappa shape index (κ1) is 16.9. The number of ether oxygens (including phenoxy) is 2. The van der Waals surface area contributed by atoms with E-state index >= 15 is 0 Å². The van der Waals surface area contributed by atoms with E-state index in [9.17, 15) is 14.9 Å². The average Bonchev–Trinajstić information content (AvgIpc) is 2.55. The van der Waals surface area contributed by atoms with Crippen molar-refractivity contribution < 1.29 is 24.3 Å². The molecule has 120 valence electrons. The van der Waals surface area contributed by atoms with Gasteiger partial charge in [0.15, 0.2) is 0 Å². The summed E-state index contributed by atoms with van der Waals surface area (Å²) in [5.74, 6) is -0.546. The molecule has 0 aliphatic rings. The van der Waals surface area contributed by atoms with Gasteiger partial charge in [0.05, 0.1) is 18.6 Å². The van der Waals surface area contributed by atoms with Crippen molar-refractivity contribution in [2.24, 2.45) is 0 Å². The second-order valence-corrected chi connectivity index (χ2v) is 5.37. The Bertz CT molecular complexity index is 762. The lowest BCUT2D eigenvalue weighted by Crippen LogP contribution is -2.04. The number of methoxy groups -OCH3 is 1. The summed E-state index contributed by atoms with van der Waals surface area (Å²) in [6.45, 7) is -0.327. The van der Waals surface area contributed by atoms with Gasteiger partial charge in [-0.25, -0.2) is 4.79 Å². The quantitative estimate of drug-likeness (QED) is 0.483. The SMILES string of the molecule is COC(=O)c1cc(Br)ccc1Oc1ccc(CO)cc1[N+](=O)[O-]. The molecule has 0 bridgehead atoms. The summed E-state index contributed by atoms with van der Waals surface area (Å²) in [5.41, 5.74) is 0.200. The largest absolute Gasteiger partial charge is 0.465 e. The van der Waals surface area contributed by atoms with Crippen molar-refractivity contribution in [2.45, 2.75) is 6.61 Å². The van der Waals surface area contributed by atoms with E-state index in [2.05, 4.69) is 20.7 Å². The second-order valence-electron chi connectivity index (χ2n) is 4.45. The normalized spacial score (nSPS) is 10.2. The van der Waals surface area contributed by atoms with Crippen LogP contribution in [0.3, 0.4) is 0 Å². The van der Waals surface area contributed by atoms with E-state index < -0.39 is 10.9 Å². The van der Waals surface area contributed by atoms with Crippen molar-refractivity contribution in [2.75, 3.05) is 7.11 Å². The fourth-order valence-electron chi connectivity index (χ4n) is 1.87. The lowest BCUT2D eigenvalue weighted by atomic mass is 10.2. The minimum Gasteiger partial charge on any atom is -0.465 e. The highest BCUT2D eigenvalue weighted by Crippen LogP contribution is 2.35. The van der Waals surface area contributed by atoms with Gasteiger partial charge in [0, 0.05) is 10.5 Å². The van der Waals surface area contributed by atoms with Gasteiger partial charge < -0.3 is 14.6 Å². The number of rotatable bonds is 5. The smallest absolute Gasteiger partial charge is 0.341 e. The molecule has 0 saturated carbocycles. The number of hydrogen-bond donors (Lipinski definition) is 1. The van der Waals surface area contributed by atoms with E-state index in [1.807, 2.05) is 0 Å². The number of esters is 1. The minimum atomic E-state index is -0.629. The van der Waals surface area contributed by atoms with E-state index in [-0.39, 0.29) is 29.4 Å². The fourth-order valence-corrected chi connectivity index (χ4v) is 2.23. The van der Waals surface area contributed by atoms with Gasteiger partial charge in [-0.1, -0.05) is 22.0 Å². The first-order valence-electron chi connectivity index (χ1n) is 6.40. The topological polar surface area (TPSA) is 98.9 Å². The zero-order valence-electron chi connectivity index (χ0n) is 12.0. The summed E-state index contributed by atoms with van der Waals surface area (Å²) in [6, 6.07) is 8.71. The molecule has 0 saturated heterocycles. The number of benzene rings is 2. The molecule has 0 unspecified atom stereocenters. The van der Waals surface area contributed by atoms with Crippen LogP contribution in [-0.4, -0.2) is 23.1 Å². The molecule has 0 spiro atoms.